The van der Waals surface area contributed by atoms with E-state index in [2.05, 4.69) is 38.1 Å². The molecular weight excluding hydrogens is 206 g/mol. The maximum absolute atomic E-state index is 5.47. The van der Waals surface area contributed by atoms with E-state index < -0.39 is 0 Å². The normalized spacial score (nSPS) is 10.1. The summed E-state index contributed by atoms with van der Waals surface area (Å²) in [6.07, 6.45) is 3.37. The Morgan fingerprint density at radius 2 is 1.60 bits per heavy atom. The lowest BCUT2D eigenvalue weighted by molar-refractivity contribution is 0.647. The monoisotopic (exact) mass is 227 g/mol. The van der Waals surface area contributed by atoms with Crippen molar-refractivity contribution in [2.24, 2.45) is 11.7 Å². The highest BCUT2D eigenvalue weighted by Crippen LogP contribution is 2.10. The first kappa shape index (κ1) is 14.5. The van der Waals surface area contributed by atoms with E-state index in [4.69, 9.17) is 5.73 Å². The van der Waals surface area contributed by atoms with Crippen LogP contribution in [0, 0.1) is 5.92 Å². The van der Waals surface area contributed by atoms with Crippen LogP contribution < -0.4 is 5.73 Å². The predicted molar refractivity (Wildman–Crippen MR) is 69.6 cm³/mol. The molecule has 0 radical (unpaired) electrons. The van der Waals surface area contributed by atoms with Crippen molar-refractivity contribution in [1.29, 1.82) is 0 Å². The van der Waals surface area contributed by atoms with Gasteiger partial charge in [0.1, 0.15) is 0 Å². The van der Waals surface area contributed by atoms with Crippen LogP contribution >= 0.6 is 12.4 Å². The van der Waals surface area contributed by atoms with Gasteiger partial charge >= 0.3 is 0 Å². The van der Waals surface area contributed by atoms with Gasteiger partial charge < -0.3 is 5.73 Å². The van der Waals surface area contributed by atoms with E-state index >= 15 is 0 Å². The zero-order chi connectivity index (χ0) is 10.4. The molecule has 2 heteroatoms. The molecule has 0 spiro atoms. The minimum atomic E-state index is 0. The van der Waals surface area contributed by atoms with Gasteiger partial charge in [-0.2, -0.15) is 0 Å². The Bertz CT molecular complexity index is 254. The molecule has 1 aromatic carbocycles. The van der Waals surface area contributed by atoms with Crippen LogP contribution in [-0.2, 0) is 12.8 Å². The maximum atomic E-state index is 5.47. The predicted octanol–water partition coefficient (Wildman–Crippen LogP) is 3.20. The second-order valence-corrected chi connectivity index (χ2v) is 4.31. The van der Waals surface area contributed by atoms with Gasteiger partial charge in [0.15, 0.2) is 0 Å². The largest absolute Gasteiger partial charge is 0.330 e. The van der Waals surface area contributed by atoms with E-state index in [1.54, 1.807) is 0 Å². The molecule has 86 valence electrons. The average Bonchev–Trinajstić information content (AvgIpc) is 2.16. The van der Waals surface area contributed by atoms with Gasteiger partial charge in [-0.15, -0.1) is 12.4 Å². The van der Waals surface area contributed by atoms with E-state index in [-0.39, 0.29) is 12.4 Å². The summed E-state index contributed by atoms with van der Waals surface area (Å²) in [6, 6.07) is 8.94. The highest BCUT2D eigenvalue weighted by molar-refractivity contribution is 5.85. The number of hydrogen-bond donors (Lipinski definition) is 1. The Hall–Kier alpha value is -0.530. The standard InChI is InChI=1S/C13H21N.ClH/c1-11(2)10-13-7-5-12(6-8-13)4-3-9-14;/h5-8,11H,3-4,9-10,14H2,1-2H3;1H. The van der Waals surface area contributed by atoms with E-state index in [1.165, 1.54) is 17.5 Å². The van der Waals surface area contributed by atoms with Gasteiger partial charge in [-0.05, 0) is 42.9 Å². The molecule has 0 amide bonds. The Labute approximate surface area is 99.5 Å². The van der Waals surface area contributed by atoms with Gasteiger partial charge in [0.05, 0.1) is 0 Å². The van der Waals surface area contributed by atoms with Crippen LogP contribution in [0.2, 0.25) is 0 Å². The summed E-state index contributed by atoms with van der Waals surface area (Å²) >= 11 is 0. The Kier molecular flexibility index (Phi) is 7.45. The maximum Gasteiger partial charge on any atom is -0.00741 e. The molecule has 0 saturated carbocycles. The summed E-state index contributed by atoms with van der Waals surface area (Å²) in [7, 11) is 0. The highest BCUT2D eigenvalue weighted by atomic mass is 35.5. The SMILES string of the molecule is CC(C)Cc1ccc(CCCN)cc1.Cl. The molecule has 0 heterocycles. The van der Waals surface area contributed by atoms with Crippen molar-refractivity contribution in [1.82, 2.24) is 0 Å². The Morgan fingerprint density at radius 1 is 1.07 bits per heavy atom. The van der Waals surface area contributed by atoms with Crippen LogP contribution in [0.25, 0.3) is 0 Å². The second-order valence-electron chi connectivity index (χ2n) is 4.31. The molecule has 0 unspecified atom stereocenters. The molecular formula is C13H22ClN. The minimum Gasteiger partial charge on any atom is -0.330 e. The summed E-state index contributed by atoms with van der Waals surface area (Å²) in [5.74, 6) is 0.741. The van der Waals surface area contributed by atoms with Gasteiger partial charge in [-0.1, -0.05) is 38.1 Å². The zero-order valence-electron chi connectivity index (χ0n) is 9.70. The molecule has 0 aromatic heterocycles. The van der Waals surface area contributed by atoms with Gasteiger partial charge in [0.2, 0.25) is 0 Å². The minimum absolute atomic E-state index is 0. The van der Waals surface area contributed by atoms with Crippen molar-refractivity contribution >= 4 is 12.4 Å². The number of nitrogens with two attached hydrogens (primary N) is 1. The number of hydrogen-bond acceptors (Lipinski definition) is 1. The quantitative estimate of drug-likeness (QED) is 0.822. The second kappa shape index (κ2) is 7.72. The van der Waals surface area contributed by atoms with E-state index in [0.29, 0.717) is 0 Å². The summed E-state index contributed by atoms with van der Waals surface area (Å²) in [4.78, 5) is 0. The van der Waals surface area contributed by atoms with Crippen LogP contribution in [0.5, 0.6) is 0 Å². The van der Waals surface area contributed by atoms with Crippen LogP contribution in [0.15, 0.2) is 24.3 Å². The van der Waals surface area contributed by atoms with E-state index in [0.717, 1.165) is 25.3 Å². The lowest BCUT2D eigenvalue weighted by atomic mass is 10.0. The summed E-state index contributed by atoms with van der Waals surface area (Å²) in [6.45, 7) is 5.29. The fourth-order valence-electron chi connectivity index (χ4n) is 1.62. The van der Waals surface area contributed by atoms with E-state index in [9.17, 15) is 0 Å². The molecule has 0 saturated heterocycles. The lowest BCUT2D eigenvalue weighted by Crippen LogP contribution is -2.00. The van der Waals surface area contributed by atoms with Crippen LogP contribution in [-0.4, -0.2) is 6.54 Å². The molecule has 0 aliphatic carbocycles. The average molecular weight is 228 g/mol. The van der Waals surface area contributed by atoms with Gasteiger partial charge in [0.25, 0.3) is 0 Å². The fraction of sp³-hybridized carbons (Fsp3) is 0.538. The molecule has 1 nitrogen and oxygen atoms in total. The number of benzene rings is 1. The van der Waals surface area contributed by atoms with E-state index in [1.807, 2.05) is 0 Å². The third-order valence-electron chi connectivity index (χ3n) is 2.34. The van der Waals surface area contributed by atoms with Gasteiger partial charge in [0, 0.05) is 0 Å². The molecule has 0 atom stereocenters. The Morgan fingerprint density at radius 3 is 2.07 bits per heavy atom. The third-order valence-corrected chi connectivity index (χ3v) is 2.34. The lowest BCUT2D eigenvalue weighted by Gasteiger charge is -2.06. The first-order chi connectivity index (χ1) is 6.72. The smallest absolute Gasteiger partial charge is 0.00741 e. The van der Waals surface area contributed by atoms with Crippen molar-refractivity contribution in [2.75, 3.05) is 6.54 Å². The van der Waals surface area contributed by atoms with Crippen molar-refractivity contribution in [3.05, 3.63) is 35.4 Å². The van der Waals surface area contributed by atoms with Crippen LogP contribution in [0.4, 0.5) is 0 Å². The van der Waals surface area contributed by atoms with Gasteiger partial charge in [-0.25, -0.2) is 0 Å². The Balaban J connectivity index is 0.00000196. The van der Waals surface area contributed by atoms with Crippen molar-refractivity contribution < 1.29 is 0 Å². The first-order valence-electron chi connectivity index (χ1n) is 5.50. The zero-order valence-corrected chi connectivity index (χ0v) is 10.5. The van der Waals surface area contributed by atoms with Crippen molar-refractivity contribution in [3.8, 4) is 0 Å². The molecule has 15 heavy (non-hydrogen) atoms. The molecule has 1 rings (SSSR count). The van der Waals surface area contributed by atoms with Crippen molar-refractivity contribution in [2.45, 2.75) is 33.1 Å². The molecule has 1 aromatic rings. The summed E-state index contributed by atoms with van der Waals surface area (Å²) < 4.78 is 0. The fourth-order valence-corrected chi connectivity index (χ4v) is 1.62. The third kappa shape index (κ3) is 5.81. The van der Waals surface area contributed by atoms with Crippen LogP contribution in [0.1, 0.15) is 31.4 Å². The summed E-state index contributed by atoms with van der Waals surface area (Å²) in [5.41, 5.74) is 8.32. The number of halogens is 1. The highest BCUT2D eigenvalue weighted by Gasteiger charge is 1.97. The first-order valence-corrected chi connectivity index (χ1v) is 5.50. The molecule has 0 bridgehead atoms. The molecule has 0 aliphatic heterocycles. The number of aryl methyl sites for hydroxylation is 1. The molecule has 0 fully saturated rings. The van der Waals surface area contributed by atoms with Gasteiger partial charge in [-0.3, -0.25) is 0 Å². The summed E-state index contributed by atoms with van der Waals surface area (Å²) in [5, 5.41) is 0. The number of rotatable bonds is 5. The molecule has 2 N–H and O–H groups in total. The van der Waals surface area contributed by atoms with Crippen LogP contribution in [0.3, 0.4) is 0 Å². The molecule has 0 aliphatic rings. The topological polar surface area (TPSA) is 26.0 Å². The van der Waals surface area contributed by atoms with Crippen molar-refractivity contribution in [3.63, 3.8) is 0 Å².